The van der Waals surface area contributed by atoms with Crippen LogP contribution in [-0.2, 0) is 9.53 Å². The number of carbonyl (C=O) groups is 2. The number of halogens is 3. The van der Waals surface area contributed by atoms with Crippen molar-refractivity contribution in [3.63, 3.8) is 0 Å². The lowest BCUT2D eigenvalue weighted by Crippen LogP contribution is -2.50. The average molecular weight is 365 g/mol. The third-order valence-electron chi connectivity index (χ3n) is 2.88. The average Bonchev–Trinajstić information content (AvgIpc) is 2.47. The summed E-state index contributed by atoms with van der Waals surface area (Å²) >= 11 is 5.47. The second-order valence-corrected chi connectivity index (χ2v) is 6.35. The van der Waals surface area contributed by atoms with E-state index in [4.69, 9.17) is 16.3 Å². The number of hydrogen-bond acceptors (Lipinski definition) is 4. The summed E-state index contributed by atoms with van der Waals surface area (Å²) < 4.78 is 32.2. The summed E-state index contributed by atoms with van der Waals surface area (Å²) in [4.78, 5) is 24.8. The minimum Gasteiger partial charge on any atom is -0.444 e. The first-order valence-electron chi connectivity index (χ1n) is 6.99. The zero-order chi connectivity index (χ0) is 18.7. The van der Waals surface area contributed by atoms with Crippen LogP contribution in [0.5, 0.6) is 0 Å². The number of likely N-dealkylation sites (N-methyl/N-ethyl adjacent to an activating group) is 1. The molecule has 134 valence electrons. The van der Waals surface area contributed by atoms with E-state index in [1.807, 2.05) is 0 Å². The van der Waals surface area contributed by atoms with Crippen LogP contribution in [0.25, 0.3) is 0 Å². The number of alkyl carbamates (subject to hydrolysis) is 1. The molecule has 1 rings (SSSR count). The number of carbonyl (C=O) groups excluding carboxylic acids is 2. The van der Waals surface area contributed by atoms with E-state index in [1.54, 1.807) is 20.8 Å². The van der Waals surface area contributed by atoms with Crippen LogP contribution in [0.15, 0.2) is 12.1 Å². The number of hydrogen-bond donors (Lipinski definition) is 2. The lowest BCUT2D eigenvalue weighted by molar-refractivity contribution is -0.121. The molecule has 0 aliphatic heterocycles. The molecule has 2 N–H and O–H groups in total. The van der Waals surface area contributed by atoms with Gasteiger partial charge in [-0.15, -0.1) is 0 Å². The monoisotopic (exact) mass is 364 g/mol. The van der Waals surface area contributed by atoms with Crippen molar-refractivity contribution in [2.24, 2.45) is 0 Å². The number of ether oxygens (including phenoxy) is 1. The molecular formula is C15H19ClF2N2O4. The van der Waals surface area contributed by atoms with Gasteiger partial charge < -0.3 is 20.1 Å². The van der Waals surface area contributed by atoms with Crippen LogP contribution < -0.4 is 10.2 Å². The Morgan fingerprint density at radius 3 is 2.46 bits per heavy atom. The summed E-state index contributed by atoms with van der Waals surface area (Å²) in [6.45, 7) is 4.15. The zero-order valence-electron chi connectivity index (χ0n) is 13.7. The van der Waals surface area contributed by atoms with E-state index >= 15 is 0 Å². The normalized spacial score (nSPS) is 12.5. The quantitative estimate of drug-likeness (QED) is 0.804. The van der Waals surface area contributed by atoms with Crippen LogP contribution >= 0.6 is 11.6 Å². The molecule has 0 bridgehead atoms. The van der Waals surface area contributed by atoms with Crippen molar-refractivity contribution in [1.29, 1.82) is 0 Å². The third kappa shape index (κ3) is 5.04. The van der Waals surface area contributed by atoms with Crippen molar-refractivity contribution in [2.45, 2.75) is 32.4 Å². The maximum absolute atomic E-state index is 14.0. The SMILES string of the molecule is CN(C(=O)C(CO)NC(=O)OC(C)(C)C)c1ccc(F)c(Cl)c1F. The first-order valence-corrected chi connectivity index (χ1v) is 7.37. The Bertz CT molecular complexity index is 635. The second kappa shape index (κ2) is 7.76. The van der Waals surface area contributed by atoms with Gasteiger partial charge in [0.05, 0.1) is 12.3 Å². The van der Waals surface area contributed by atoms with Crippen LogP contribution in [0.4, 0.5) is 19.3 Å². The van der Waals surface area contributed by atoms with E-state index < -0.39 is 46.9 Å². The largest absolute Gasteiger partial charge is 0.444 e. The standard InChI is InChI=1S/C15H19ClF2N2O4/c1-15(2,3)24-14(23)19-9(7-21)13(22)20(4)10-6-5-8(17)11(16)12(10)18/h5-6,9,21H,7H2,1-4H3,(H,19,23). The molecule has 1 unspecified atom stereocenters. The Labute approximate surface area is 143 Å². The van der Waals surface area contributed by atoms with Gasteiger partial charge in [0.25, 0.3) is 5.91 Å². The minimum absolute atomic E-state index is 0.296. The van der Waals surface area contributed by atoms with Gasteiger partial charge in [0.1, 0.15) is 22.5 Å². The highest BCUT2D eigenvalue weighted by Gasteiger charge is 2.28. The maximum Gasteiger partial charge on any atom is 0.408 e. The smallest absolute Gasteiger partial charge is 0.408 e. The summed E-state index contributed by atoms with van der Waals surface area (Å²) in [6, 6.07) is 0.559. The van der Waals surface area contributed by atoms with Gasteiger partial charge in [-0.25, -0.2) is 13.6 Å². The Balaban J connectivity index is 2.93. The molecule has 0 fully saturated rings. The summed E-state index contributed by atoms with van der Waals surface area (Å²) in [5.41, 5.74) is -1.09. The van der Waals surface area contributed by atoms with Crippen molar-refractivity contribution >= 4 is 29.3 Å². The fourth-order valence-corrected chi connectivity index (χ4v) is 1.92. The molecule has 0 aromatic heterocycles. The number of amides is 2. The third-order valence-corrected chi connectivity index (χ3v) is 3.22. The van der Waals surface area contributed by atoms with E-state index in [-0.39, 0.29) is 5.69 Å². The predicted molar refractivity (Wildman–Crippen MR) is 85.0 cm³/mol. The van der Waals surface area contributed by atoms with Gasteiger partial charge >= 0.3 is 6.09 Å². The highest BCUT2D eigenvalue weighted by atomic mass is 35.5. The highest BCUT2D eigenvalue weighted by Crippen LogP contribution is 2.27. The molecule has 0 heterocycles. The first kappa shape index (κ1) is 20.1. The van der Waals surface area contributed by atoms with E-state index in [2.05, 4.69) is 5.32 Å². The number of rotatable bonds is 4. The van der Waals surface area contributed by atoms with E-state index in [1.165, 1.54) is 7.05 Å². The van der Waals surface area contributed by atoms with Gasteiger partial charge in [-0.1, -0.05) is 11.6 Å². The van der Waals surface area contributed by atoms with E-state index in [0.717, 1.165) is 17.0 Å². The van der Waals surface area contributed by atoms with Crippen molar-refractivity contribution in [1.82, 2.24) is 5.32 Å². The van der Waals surface area contributed by atoms with E-state index in [0.29, 0.717) is 0 Å². The van der Waals surface area contributed by atoms with Crippen molar-refractivity contribution in [3.8, 4) is 0 Å². The van der Waals surface area contributed by atoms with Crippen LogP contribution in [0, 0.1) is 11.6 Å². The Morgan fingerprint density at radius 2 is 1.96 bits per heavy atom. The molecule has 0 radical (unpaired) electrons. The molecule has 24 heavy (non-hydrogen) atoms. The summed E-state index contributed by atoms with van der Waals surface area (Å²) in [5, 5.41) is 10.7. The van der Waals surface area contributed by atoms with Gasteiger partial charge in [-0.2, -0.15) is 0 Å². The molecule has 1 aromatic carbocycles. The summed E-state index contributed by atoms with van der Waals surface area (Å²) in [6.07, 6.45) is -0.916. The van der Waals surface area contributed by atoms with Crippen molar-refractivity contribution in [2.75, 3.05) is 18.6 Å². The molecule has 0 saturated heterocycles. The van der Waals surface area contributed by atoms with Crippen molar-refractivity contribution < 1.29 is 28.2 Å². The Hall–Kier alpha value is -1.93. The molecule has 0 spiro atoms. The lowest BCUT2D eigenvalue weighted by Gasteiger charge is -2.26. The lowest BCUT2D eigenvalue weighted by atomic mass is 10.2. The van der Waals surface area contributed by atoms with Gasteiger partial charge in [-0.05, 0) is 32.9 Å². The van der Waals surface area contributed by atoms with Crippen LogP contribution in [0.1, 0.15) is 20.8 Å². The Morgan fingerprint density at radius 1 is 1.38 bits per heavy atom. The van der Waals surface area contributed by atoms with Gasteiger partial charge in [0, 0.05) is 7.05 Å². The first-order chi connectivity index (χ1) is 11.0. The summed E-state index contributed by atoms with van der Waals surface area (Å²) in [5.74, 6) is -2.92. The Kier molecular flexibility index (Phi) is 6.50. The number of nitrogens with one attached hydrogen (secondary N) is 1. The highest BCUT2D eigenvalue weighted by molar-refractivity contribution is 6.31. The topological polar surface area (TPSA) is 78.9 Å². The molecule has 6 nitrogen and oxygen atoms in total. The molecular weight excluding hydrogens is 346 g/mol. The second-order valence-electron chi connectivity index (χ2n) is 5.97. The fourth-order valence-electron chi connectivity index (χ4n) is 1.76. The molecule has 2 amide bonds. The summed E-state index contributed by atoms with van der Waals surface area (Å²) in [7, 11) is 1.20. The maximum atomic E-state index is 14.0. The van der Waals surface area contributed by atoms with Gasteiger partial charge in [-0.3, -0.25) is 4.79 Å². The molecule has 0 saturated carbocycles. The van der Waals surface area contributed by atoms with Gasteiger partial charge in [0.2, 0.25) is 0 Å². The molecule has 0 aliphatic carbocycles. The number of aliphatic hydroxyl groups is 1. The predicted octanol–water partition coefficient (Wildman–Crippen LogP) is 2.47. The molecule has 9 heteroatoms. The number of benzene rings is 1. The molecule has 1 atom stereocenters. The zero-order valence-corrected chi connectivity index (χ0v) is 14.4. The van der Waals surface area contributed by atoms with Crippen LogP contribution in [-0.4, -0.2) is 42.4 Å². The molecule has 0 aliphatic rings. The number of anilines is 1. The minimum atomic E-state index is -1.37. The number of nitrogens with zero attached hydrogens (tertiary/aromatic N) is 1. The fraction of sp³-hybridized carbons (Fsp3) is 0.467. The van der Waals surface area contributed by atoms with E-state index in [9.17, 15) is 23.5 Å². The number of aliphatic hydroxyl groups excluding tert-OH is 1. The van der Waals surface area contributed by atoms with Crippen LogP contribution in [0.3, 0.4) is 0 Å². The van der Waals surface area contributed by atoms with Crippen LogP contribution in [0.2, 0.25) is 5.02 Å². The molecule has 1 aromatic rings. The van der Waals surface area contributed by atoms with Gasteiger partial charge in [0.15, 0.2) is 5.82 Å². The van der Waals surface area contributed by atoms with Crippen molar-refractivity contribution in [3.05, 3.63) is 28.8 Å².